The predicted molar refractivity (Wildman–Crippen MR) is 147 cm³/mol. The van der Waals surface area contributed by atoms with E-state index >= 15 is 0 Å². The number of para-hydroxylation sites is 1. The first kappa shape index (κ1) is 24.1. The Labute approximate surface area is 214 Å². The van der Waals surface area contributed by atoms with E-state index in [1.54, 1.807) is 0 Å². The van der Waals surface area contributed by atoms with Gasteiger partial charge < -0.3 is 0 Å². The molecular formula is C28H26N5OPS. The van der Waals surface area contributed by atoms with Gasteiger partial charge in [0.05, 0.1) is 5.69 Å². The number of hydrogen-bond donors (Lipinski definition) is 2. The molecule has 0 spiro atoms. The van der Waals surface area contributed by atoms with Crippen LogP contribution in [0.4, 0.5) is 0 Å². The fourth-order valence-corrected chi connectivity index (χ4v) is 6.24. The molecular weight excluding hydrogens is 485 g/mol. The van der Waals surface area contributed by atoms with Crippen LogP contribution in [0.1, 0.15) is 11.1 Å². The summed E-state index contributed by atoms with van der Waals surface area (Å²) in [5.74, 6) is 0.753. The summed E-state index contributed by atoms with van der Waals surface area (Å²) in [5, 5.41) is 6.35. The second-order valence-electron chi connectivity index (χ2n) is 8.12. The van der Waals surface area contributed by atoms with Gasteiger partial charge in [0.25, 0.3) is 0 Å². The third-order valence-corrected chi connectivity index (χ3v) is 8.19. The van der Waals surface area contributed by atoms with Gasteiger partial charge in [-0.05, 0) is 34.8 Å². The van der Waals surface area contributed by atoms with Crippen LogP contribution in [0.3, 0.4) is 0 Å². The van der Waals surface area contributed by atoms with Crippen LogP contribution < -0.4 is 15.0 Å². The Hall–Kier alpha value is -3.61. The molecule has 2 N–H and O–H groups in total. The molecule has 0 saturated heterocycles. The average Bonchev–Trinajstić information content (AvgIpc) is 3.36. The third kappa shape index (κ3) is 6.14. The van der Waals surface area contributed by atoms with Crippen molar-refractivity contribution in [3.8, 4) is 17.1 Å². The highest BCUT2D eigenvalue weighted by atomic mass is 32.1. The SMILES string of the molecule is O=P(N=c1nc(-c2ccccc2)n(-c2ccccc2)s1)(NCc1ccccc1)NCc1ccccc1. The lowest BCUT2D eigenvalue weighted by Gasteiger charge is -2.16. The average molecular weight is 512 g/mol. The number of nitrogens with zero attached hydrogens (tertiary/aromatic N) is 3. The summed E-state index contributed by atoms with van der Waals surface area (Å²) in [6.45, 7) is 0.831. The maximum absolute atomic E-state index is 14.1. The third-order valence-electron chi connectivity index (χ3n) is 5.50. The highest BCUT2D eigenvalue weighted by Crippen LogP contribution is 2.38. The fraction of sp³-hybridized carbons (Fsp3) is 0.0714. The highest BCUT2D eigenvalue weighted by molar-refractivity contribution is 7.58. The molecule has 0 atom stereocenters. The minimum atomic E-state index is -3.40. The van der Waals surface area contributed by atoms with Crippen molar-refractivity contribution < 1.29 is 4.57 Å². The van der Waals surface area contributed by atoms with Gasteiger partial charge in [0.2, 0.25) is 4.80 Å². The summed E-state index contributed by atoms with van der Waals surface area (Å²) in [5.41, 5.74) is 3.98. The smallest absolute Gasteiger partial charge is 0.262 e. The Bertz CT molecular complexity index is 1400. The Morgan fingerprint density at radius 1 is 0.694 bits per heavy atom. The zero-order valence-corrected chi connectivity index (χ0v) is 21.3. The summed E-state index contributed by atoms with van der Waals surface area (Å²) < 4.78 is 20.8. The second-order valence-corrected chi connectivity index (χ2v) is 11.0. The van der Waals surface area contributed by atoms with Crippen LogP contribution in [0.15, 0.2) is 126 Å². The molecule has 0 bridgehead atoms. The van der Waals surface area contributed by atoms with E-state index in [1.165, 1.54) is 11.5 Å². The van der Waals surface area contributed by atoms with Crippen molar-refractivity contribution >= 4 is 19.1 Å². The van der Waals surface area contributed by atoms with Crippen molar-refractivity contribution in [1.82, 2.24) is 19.1 Å². The van der Waals surface area contributed by atoms with Gasteiger partial charge in [0.1, 0.15) is 0 Å². The van der Waals surface area contributed by atoms with Crippen LogP contribution in [0.2, 0.25) is 0 Å². The zero-order valence-electron chi connectivity index (χ0n) is 19.6. The Morgan fingerprint density at radius 2 is 1.17 bits per heavy atom. The first-order valence-corrected chi connectivity index (χ1v) is 14.1. The van der Waals surface area contributed by atoms with Crippen LogP contribution in [0, 0.1) is 0 Å². The van der Waals surface area contributed by atoms with Gasteiger partial charge in [0, 0.05) is 18.7 Å². The molecule has 8 heteroatoms. The molecule has 0 amide bonds. The van der Waals surface area contributed by atoms with Crippen molar-refractivity contribution in [2.75, 3.05) is 0 Å². The van der Waals surface area contributed by atoms with Crippen LogP contribution in [-0.2, 0) is 17.7 Å². The van der Waals surface area contributed by atoms with Crippen molar-refractivity contribution in [3.05, 3.63) is 137 Å². The molecule has 0 unspecified atom stereocenters. The van der Waals surface area contributed by atoms with Gasteiger partial charge in [-0.2, -0.15) is 9.75 Å². The van der Waals surface area contributed by atoms with Crippen LogP contribution in [-0.4, -0.2) is 8.94 Å². The normalized spacial score (nSPS) is 12.1. The summed E-state index contributed by atoms with van der Waals surface area (Å²) in [4.78, 5) is 5.25. The minimum Gasteiger partial charge on any atom is -0.262 e. The molecule has 5 rings (SSSR count). The van der Waals surface area contributed by atoms with Gasteiger partial charge in [-0.3, -0.25) is 4.57 Å². The first-order chi connectivity index (χ1) is 17.7. The predicted octanol–water partition coefficient (Wildman–Crippen LogP) is 6.19. The molecule has 5 aromatic rings. The van der Waals surface area contributed by atoms with E-state index in [-0.39, 0.29) is 0 Å². The summed E-state index contributed by atoms with van der Waals surface area (Å²) in [6.07, 6.45) is 0. The Morgan fingerprint density at radius 3 is 1.69 bits per heavy atom. The maximum Gasteiger partial charge on any atom is 0.327 e. The molecule has 6 nitrogen and oxygen atoms in total. The monoisotopic (exact) mass is 511 g/mol. The molecule has 1 aromatic heterocycles. The minimum absolute atomic E-state index is 0.416. The lowest BCUT2D eigenvalue weighted by molar-refractivity contribution is 0.551. The fourth-order valence-electron chi connectivity index (χ4n) is 3.67. The van der Waals surface area contributed by atoms with E-state index in [0.29, 0.717) is 17.9 Å². The quantitative estimate of drug-likeness (QED) is 0.232. The van der Waals surface area contributed by atoms with Gasteiger partial charge in [0.15, 0.2) is 5.82 Å². The molecule has 0 aliphatic carbocycles. The van der Waals surface area contributed by atoms with Gasteiger partial charge in [-0.25, -0.2) is 14.1 Å². The molecule has 0 aliphatic rings. The van der Waals surface area contributed by atoms with Gasteiger partial charge in [-0.15, -0.1) is 0 Å². The lowest BCUT2D eigenvalue weighted by Crippen LogP contribution is -2.22. The topological polar surface area (TPSA) is 71.3 Å². The van der Waals surface area contributed by atoms with E-state index in [0.717, 1.165) is 28.2 Å². The largest absolute Gasteiger partial charge is 0.327 e. The molecule has 36 heavy (non-hydrogen) atoms. The van der Waals surface area contributed by atoms with E-state index in [9.17, 15) is 4.57 Å². The number of nitrogens with one attached hydrogen (secondary N) is 2. The van der Waals surface area contributed by atoms with E-state index in [4.69, 9.17) is 4.98 Å². The van der Waals surface area contributed by atoms with Crippen molar-refractivity contribution in [1.29, 1.82) is 0 Å². The molecule has 0 saturated carbocycles. The molecule has 0 aliphatic heterocycles. The van der Waals surface area contributed by atoms with Crippen LogP contribution in [0.5, 0.6) is 0 Å². The Balaban J connectivity index is 1.53. The van der Waals surface area contributed by atoms with E-state index in [2.05, 4.69) is 14.9 Å². The summed E-state index contributed by atoms with van der Waals surface area (Å²) in [7, 11) is -3.40. The molecule has 1 heterocycles. The lowest BCUT2D eigenvalue weighted by atomic mass is 10.2. The van der Waals surface area contributed by atoms with Crippen LogP contribution >= 0.6 is 19.1 Å². The number of benzene rings is 4. The molecule has 0 radical (unpaired) electrons. The van der Waals surface area contributed by atoms with Gasteiger partial charge >= 0.3 is 7.59 Å². The Kier molecular flexibility index (Phi) is 7.64. The van der Waals surface area contributed by atoms with Crippen molar-refractivity contribution in [2.45, 2.75) is 13.1 Å². The van der Waals surface area contributed by atoms with Crippen molar-refractivity contribution in [2.24, 2.45) is 4.76 Å². The first-order valence-electron chi connectivity index (χ1n) is 11.6. The second kappa shape index (κ2) is 11.4. The number of aromatic nitrogens is 2. The van der Waals surface area contributed by atoms with Crippen LogP contribution in [0.25, 0.3) is 17.1 Å². The summed E-state index contributed by atoms with van der Waals surface area (Å²) >= 11 is 1.36. The molecule has 0 fully saturated rings. The molecule has 180 valence electrons. The zero-order chi connectivity index (χ0) is 24.6. The van der Waals surface area contributed by atoms with Crippen molar-refractivity contribution in [3.63, 3.8) is 0 Å². The number of hydrogen-bond acceptors (Lipinski definition) is 3. The summed E-state index contributed by atoms with van der Waals surface area (Å²) in [6, 6.07) is 39.7. The van der Waals surface area contributed by atoms with E-state index < -0.39 is 7.59 Å². The molecule has 4 aromatic carbocycles. The number of rotatable bonds is 9. The maximum atomic E-state index is 14.1. The van der Waals surface area contributed by atoms with Gasteiger partial charge in [-0.1, -0.05) is 109 Å². The van der Waals surface area contributed by atoms with E-state index in [1.807, 2.05) is 125 Å². The standard InChI is InChI=1S/C28H26N5OPS/c34-35(29-21-23-13-5-1-6-14-23,30-22-24-15-7-2-8-16-24)32-28-31-27(25-17-9-3-10-18-25)33(36-28)26-19-11-4-12-20-26/h1-20H,21-22H2,(H2,29,30,34). The highest BCUT2D eigenvalue weighted by Gasteiger charge is 2.21.